The molecule has 0 atom stereocenters. The van der Waals surface area contributed by atoms with Gasteiger partial charge in [-0.3, -0.25) is 0 Å². The van der Waals surface area contributed by atoms with E-state index in [9.17, 15) is 0 Å². The van der Waals surface area contributed by atoms with Gasteiger partial charge in [-0.15, -0.1) is 0 Å². The number of allylic oxidation sites excluding steroid dienone is 2. The minimum absolute atomic E-state index is 0.331. The summed E-state index contributed by atoms with van der Waals surface area (Å²) >= 11 is 0. The molecule has 0 amide bonds. The van der Waals surface area contributed by atoms with Crippen molar-refractivity contribution in [1.29, 1.82) is 5.41 Å². The van der Waals surface area contributed by atoms with Crippen LogP contribution in [-0.2, 0) is 6.61 Å². The lowest BCUT2D eigenvalue weighted by molar-refractivity contribution is 0.295. The first-order valence-electron chi connectivity index (χ1n) is 8.70. The fourth-order valence-corrected chi connectivity index (χ4v) is 2.72. The SMILES string of the molecule is CN/C(C)=C\C(=N)c1ccc(OCc2c(OC)cccc2N(C)N)c(C)c1. The third kappa shape index (κ3) is 5.01. The van der Waals surface area contributed by atoms with Gasteiger partial charge in [0.25, 0.3) is 0 Å². The lowest BCUT2D eigenvalue weighted by atomic mass is 10.1. The molecule has 2 aromatic carbocycles. The molecule has 0 radical (unpaired) electrons. The third-order valence-corrected chi connectivity index (χ3v) is 4.32. The minimum Gasteiger partial charge on any atom is -0.496 e. The van der Waals surface area contributed by atoms with E-state index in [1.54, 1.807) is 25.2 Å². The van der Waals surface area contributed by atoms with Crippen LogP contribution in [0.3, 0.4) is 0 Å². The van der Waals surface area contributed by atoms with Crippen LogP contribution in [0.2, 0.25) is 0 Å². The Morgan fingerprint density at radius 2 is 2.00 bits per heavy atom. The lowest BCUT2D eigenvalue weighted by Crippen LogP contribution is -2.26. The van der Waals surface area contributed by atoms with Gasteiger partial charge in [-0.1, -0.05) is 6.07 Å². The normalized spacial score (nSPS) is 11.1. The van der Waals surface area contributed by atoms with E-state index < -0.39 is 0 Å². The molecule has 2 rings (SSSR count). The number of nitrogens with two attached hydrogens (primary N) is 1. The molecular weight excluding hydrogens is 340 g/mol. The van der Waals surface area contributed by atoms with Crippen molar-refractivity contribution >= 4 is 11.4 Å². The van der Waals surface area contributed by atoms with Crippen LogP contribution in [0.25, 0.3) is 0 Å². The molecule has 144 valence electrons. The number of anilines is 1. The van der Waals surface area contributed by atoms with Crippen molar-refractivity contribution in [3.63, 3.8) is 0 Å². The van der Waals surface area contributed by atoms with Crippen LogP contribution in [0.4, 0.5) is 5.69 Å². The molecule has 27 heavy (non-hydrogen) atoms. The molecule has 0 aromatic heterocycles. The van der Waals surface area contributed by atoms with Crippen LogP contribution >= 0.6 is 0 Å². The number of nitrogens with zero attached hydrogens (tertiary/aromatic N) is 1. The molecule has 0 bridgehead atoms. The number of nitrogens with one attached hydrogen (secondary N) is 2. The summed E-state index contributed by atoms with van der Waals surface area (Å²) in [6, 6.07) is 11.4. The molecular formula is C21H28N4O2. The highest BCUT2D eigenvalue weighted by Gasteiger charge is 2.13. The van der Waals surface area contributed by atoms with Crippen molar-refractivity contribution < 1.29 is 9.47 Å². The number of ether oxygens (including phenoxy) is 2. The van der Waals surface area contributed by atoms with E-state index in [0.29, 0.717) is 12.3 Å². The molecule has 2 aromatic rings. The summed E-state index contributed by atoms with van der Waals surface area (Å²) in [6.07, 6.45) is 1.80. The van der Waals surface area contributed by atoms with Crippen LogP contribution in [0.1, 0.15) is 23.6 Å². The second-order valence-corrected chi connectivity index (χ2v) is 6.33. The van der Waals surface area contributed by atoms with Crippen LogP contribution in [-0.4, -0.2) is 26.9 Å². The molecule has 0 heterocycles. The van der Waals surface area contributed by atoms with Crippen molar-refractivity contribution in [2.24, 2.45) is 5.84 Å². The Balaban J connectivity index is 2.22. The summed E-state index contributed by atoms with van der Waals surface area (Å²) in [5.41, 5.74) is 4.92. The van der Waals surface area contributed by atoms with Crippen LogP contribution in [0.5, 0.6) is 11.5 Å². The smallest absolute Gasteiger partial charge is 0.127 e. The number of methoxy groups -OCH3 is 1. The maximum atomic E-state index is 8.20. The molecule has 6 nitrogen and oxygen atoms in total. The Labute approximate surface area is 161 Å². The van der Waals surface area contributed by atoms with Gasteiger partial charge in [0.05, 0.1) is 24.1 Å². The summed E-state index contributed by atoms with van der Waals surface area (Å²) in [7, 11) is 5.25. The zero-order valence-corrected chi connectivity index (χ0v) is 16.6. The molecule has 0 aliphatic heterocycles. The number of hydrazine groups is 1. The van der Waals surface area contributed by atoms with E-state index in [2.05, 4.69) is 5.32 Å². The molecule has 0 aliphatic carbocycles. The van der Waals surface area contributed by atoms with Gasteiger partial charge in [-0.25, -0.2) is 5.84 Å². The van der Waals surface area contributed by atoms with Crippen molar-refractivity contribution in [1.82, 2.24) is 5.32 Å². The van der Waals surface area contributed by atoms with Crippen molar-refractivity contribution in [2.75, 3.05) is 26.2 Å². The van der Waals surface area contributed by atoms with Crippen molar-refractivity contribution in [3.8, 4) is 11.5 Å². The molecule has 0 spiro atoms. The Kier molecular flexibility index (Phi) is 6.85. The van der Waals surface area contributed by atoms with Crippen LogP contribution < -0.4 is 25.6 Å². The predicted octanol–water partition coefficient (Wildman–Crippen LogP) is 3.38. The first-order chi connectivity index (χ1) is 12.9. The molecule has 0 fully saturated rings. The second kappa shape index (κ2) is 9.09. The van der Waals surface area contributed by atoms with E-state index in [1.165, 1.54) is 0 Å². The summed E-state index contributed by atoms with van der Waals surface area (Å²) in [5, 5.41) is 12.8. The fourth-order valence-electron chi connectivity index (χ4n) is 2.72. The predicted molar refractivity (Wildman–Crippen MR) is 111 cm³/mol. The molecule has 4 N–H and O–H groups in total. The highest BCUT2D eigenvalue weighted by molar-refractivity contribution is 6.07. The fraction of sp³-hybridized carbons (Fsp3) is 0.286. The first-order valence-corrected chi connectivity index (χ1v) is 8.70. The van der Waals surface area contributed by atoms with E-state index in [1.807, 2.05) is 57.3 Å². The number of aryl methyl sites for hydroxylation is 1. The summed E-state index contributed by atoms with van der Waals surface area (Å²) in [4.78, 5) is 0. The van der Waals surface area contributed by atoms with Gasteiger partial charge in [-0.05, 0) is 61.4 Å². The zero-order chi connectivity index (χ0) is 20.0. The van der Waals surface area contributed by atoms with Crippen LogP contribution in [0.15, 0.2) is 48.2 Å². The standard InChI is InChI=1S/C21H28N4O2/c1-14-11-16(18(22)12-15(2)24-3)9-10-20(14)27-13-17-19(25(4)23)7-6-8-21(17)26-5/h6-12,22,24H,13,23H2,1-5H3/b15-12-,22-18?. The Morgan fingerprint density at radius 1 is 1.26 bits per heavy atom. The van der Waals surface area contributed by atoms with Gasteiger partial charge in [0, 0.05) is 19.8 Å². The highest BCUT2D eigenvalue weighted by atomic mass is 16.5. The Hall–Kier alpha value is -2.99. The first kappa shape index (κ1) is 20.3. The molecule has 0 aliphatic rings. The van der Waals surface area contributed by atoms with Gasteiger partial charge in [0.1, 0.15) is 18.1 Å². The maximum absolute atomic E-state index is 8.20. The topological polar surface area (TPSA) is 83.6 Å². The molecule has 0 saturated carbocycles. The van der Waals surface area contributed by atoms with Gasteiger partial charge in [-0.2, -0.15) is 0 Å². The number of rotatable bonds is 8. The largest absolute Gasteiger partial charge is 0.496 e. The van der Waals surface area contributed by atoms with Gasteiger partial charge >= 0.3 is 0 Å². The van der Waals surface area contributed by atoms with E-state index in [4.69, 9.17) is 20.7 Å². The van der Waals surface area contributed by atoms with Crippen molar-refractivity contribution in [3.05, 3.63) is 64.9 Å². The van der Waals surface area contributed by atoms with Gasteiger partial charge in [0.2, 0.25) is 0 Å². The minimum atomic E-state index is 0.331. The highest BCUT2D eigenvalue weighted by Crippen LogP contribution is 2.30. The van der Waals surface area contributed by atoms with Crippen LogP contribution in [0, 0.1) is 12.3 Å². The van der Waals surface area contributed by atoms with E-state index >= 15 is 0 Å². The van der Waals surface area contributed by atoms with E-state index in [-0.39, 0.29) is 0 Å². The Morgan fingerprint density at radius 3 is 2.59 bits per heavy atom. The monoisotopic (exact) mass is 368 g/mol. The molecule has 0 saturated heterocycles. The van der Waals surface area contributed by atoms with Crippen molar-refractivity contribution in [2.45, 2.75) is 20.5 Å². The number of hydrogen-bond acceptors (Lipinski definition) is 6. The second-order valence-electron chi connectivity index (χ2n) is 6.33. The van der Waals surface area contributed by atoms with Gasteiger partial charge in [0.15, 0.2) is 0 Å². The molecule has 0 unspecified atom stereocenters. The lowest BCUT2D eigenvalue weighted by Gasteiger charge is -2.20. The quantitative estimate of drug-likeness (QED) is 0.378. The number of hydrogen-bond donors (Lipinski definition) is 3. The zero-order valence-electron chi connectivity index (χ0n) is 16.6. The molecule has 6 heteroatoms. The van der Waals surface area contributed by atoms with E-state index in [0.717, 1.165) is 39.6 Å². The van der Waals surface area contributed by atoms with Gasteiger partial charge < -0.3 is 25.2 Å². The average Bonchev–Trinajstić information content (AvgIpc) is 2.66. The maximum Gasteiger partial charge on any atom is 0.127 e. The summed E-state index contributed by atoms with van der Waals surface area (Å²) in [6.45, 7) is 4.23. The third-order valence-electron chi connectivity index (χ3n) is 4.32. The summed E-state index contributed by atoms with van der Waals surface area (Å²) in [5.74, 6) is 7.42. The average molecular weight is 368 g/mol. The number of benzene rings is 2. The summed E-state index contributed by atoms with van der Waals surface area (Å²) < 4.78 is 11.5. The Bertz CT molecular complexity index is 844.